The van der Waals surface area contributed by atoms with E-state index in [0.29, 0.717) is 17.6 Å². The molecule has 0 aromatic carbocycles. The van der Waals surface area contributed by atoms with Crippen LogP contribution in [0, 0.1) is 0 Å². The number of ether oxygens (including phenoxy) is 1. The van der Waals surface area contributed by atoms with Crippen LogP contribution >= 0.6 is 0 Å². The molecule has 86 valence electrons. The molecule has 0 rings (SSSR count). The van der Waals surface area contributed by atoms with Gasteiger partial charge in [-0.25, -0.2) is 9.59 Å². The van der Waals surface area contributed by atoms with E-state index in [1.54, 1.807) is 6.92 Å². The van der Waals surface area contributed by atoms with E-state index in [1.807, 2.05) is 6.92 Å². The predicted octanol–water partition coefficient (Wildman–Crippen LogP) is 2.16. The fourth-order valence-corrected chi connectivity index (χ4v) is 0.583. The summed E-state index contributed by atoms with van der Waals surface area (Å²) in [4.78, 5) is 20.2. The van der Waals surface area contributed by atoms with E-state index in [9.17, 15) is 9.59 Å². The Balaban J connectivity index is 0. The van der Waals surface area contributed by atoms with E-state index < -0.39 is 5.97 Å². The first-order valence-corrected chi connectivity index (χ1v) is 4.51. The molecule has 0 aromatic heterocycles. The number of aliphatic carboxylic acids is 1. The smallest absolute Gasteiger partial charge is 0.332 e. The van der Waals surface area contributed by atoms with Gasteiger partial charge in [0.1, 0.15) is 0 Å². The van der Waals surface area contributed by atoms with Gasteiger partial charge in [0.05, 0.1) is 7.11 Å². The van der Waals surface area contributed by atoms with Crippen molar-refractivity contribution < 1.29 is 19.4 Å². The Kier molecular flexibility index (Phi) is 9.52. The van der Waals surface area contributed by atoms with Crippen LogP contribution in [0.5, 0.6) is 0 Å². The molecule has 15 heavy (non-hydrogen) atoms. The lowest BCUT2D eigenvalue weighted by Gasteiger charge is -1.92. The summed E-state index contributed by atoms with van der Waals surface area (Å²) in [7, 11) is 1.33. The third-order valence-electron chi connectivity index (χ3n) is 1.39. The normalized spacial score (nSPS) is 8.20. The van der Waals surface area contributed by atoms with Gasteiger partial charge >= 0.3 is 11.9 Å². The Morgan fingerprint density at radius 1 is 1.33 bits per heavy atom. The maximum absolute atomic E-state index is 10.2. The van der Waals surface area contributed by atoms with Gasteiger partial charge in [-0.2, -0.15) is 0 Å². The van der Waals surface area contributed by atoms with E-state index in [4.69, 9.17) is 5.11 Å². The highest BCUT2D eigenvalue weighted by atomic mass is 16.5. The van der Waals surface area contributed by atoms with E-state index >= 15 is 0 Å². The van der Waals surface area contributed by atoms with Gasteiger partial charge in [0.15, 0.2) is 0 Å². The summed E-state index contributed by atoms with van der Waals surface area (Å²) in [6.07, 6.45) is 1.44. The number of carboxylic acids is 1. The number of hydrogen-bond donors (Lipinski definition) is 1. The maximum atomic E-state index is 10.2. The maximum Gasteiger partial charge on any atom is 0.332 e. The van der Waals surface area contributed by atoms with Crippen LogP contribution < -0.4 is 0 Å². The molecule has 0 unspecified atom stereocenters. The summed E-state index contributed by atoms with van der Waals surface area (Å²) < 4.78 is 4.27. The van der Waals surface area contributed by atoms with Gasteiger partial charge in [0.2, 0.25) is 0 Å². The van der Waals surface area contributed by atoms with Crippen LogP contribution in [0.1, 0.15) is 26.7 Å². The molecule has 0 aliphatic rings. The van der Waals surface area contributed by atoms with Gasteiger partial charge in [-0.3, -0.25) is 0 Å². The van der Waals surface area contributed by atoms with E-state index in [0.717, 1.165) is 6.42 Å². The average Bonchev–Trinajstić information content (AvgIpc) is 2.17. The molecule has 0 saturated carbocycles. The number of rotatable bonds is 4. The molecule has 0 atom stereocenters. The van der Waals surface area contributed by atoms with Gasteiger partial charge in [0.25, 0.3) is 0 Å². The first kappa shape index (κ1) is 15.9. The molecular weight excluding hydrogens is 196 g/mol. The Bertz CT molecular complexity index is 253. The molecule has 0 saturated heterocycles. The number of hydrogen-bond acceptors (Lipinski definition) is 3. The van der Waals surface area contributed by atoms with Crippen molar-refractivity contribution in [3.05, 3.63) is 24.3 Å². The second kappa shape index (κ2) is 8.99. The first-order valence-electron chi connectivity index (χ1n) is 4.51. The van der Waals surface area contributed by atoms with Crippen LogP contribution in [0.15, 0.2) is 24.3 Å². The van der Waals surface area contributed by atoms with Gasteiger partial charge in [-0.15, -0.1) is 0 Å². The summed E-state index contributed by atoms with van der Waals surface area (Å²) in [6, 6.07) is 0. The fraction of sp³-hybridized carbons (Fsp3) is 0.455. The summed E-state index contributed by atoms with van der Waals surface area (Å²) in [5.41, 5.74) is 0.731. The highest BCUT2D eigenvalue weighted by molar-refractivity contribution is 5.86. The van der Waals surface area contributed by atoms with Crippen molar-refractivity contribution in [2.24, 2.45) is 0 Å². The van der Waals surface area contributed by atoms with E-state index in [-0.39, 0.29) is 5.97 Å². The van der Waals surface area contributed by atoms with Crippen molar-refractivity contribution in [1.82, 2.24) is 0 Å². The largest absolute Gasteiger partial charge is 0.478 e. The minimum Gasteiger partial charge on any atom is -0.478 e. The Morgan fingerprint density at radius 2 is 1.80 bits per heavy atom. The zero-order valence-corrected chi connectivity index (χ0v) is 9.50. The molecule has 0 amide bonds. The molecule has 4 nitrogen and oxygen atoms in total. The predicted molar refractivity (Wildman–Crippen MR) is 58.5 cm³/mol. The number of esters is 1. The number of carbonyl (C=O) groups excluding carboxylic acids is 1. The number of carbonyl (C=O) groups is 2. The van der Waals surface area contributed by atoms with Gasteiger partial charge in [-0.1, -0.05) is 26.5 Å². The van der Waals surface area contributed by atoms with E-state index in [1.165, 1.54) is 7.11 Å². The molecule has 0 bridgehead atoms. The van der Waals surface area contributed by atoms with Crippen LogP contribution in [-0.4, -0.2) is 24.2 Å². The van der Waals surface area contributed by atoms with E-state index in [2.05, 4.69) is 17.9 Å². The van der Waals surface area contributed by atoms with Crippen molar-refractivity contribution in [3.8, 4) is 0 Å². The molecule has 0 radical (unpaired) electrons. The molecule has 0 aliphatic carbocycles. The SMILES string of the molecule is C=C(C)C(=O)OC.C=C(CCC)C(=O)O. The Hall–Kier alpha value is -1.58. The van der Waals surface area contributed by atoms with Crippen molar-refractivity contribution in [3.63, 3.8) is 0 Å². The van der Waals surface area contributed by atoms with Crippen LogP contribution in [0.2, 0.25) is 0 Å². The molecular formula is C11H18O4. The molecule has 0 heterocycles. The summed E-state index contributed by atoms with van der Waals surface area (Å²) in [6.45, 7) is 10.2. The molecule has 0 aromatic rings. The lowest BCUT2D eigenvalue weighted by atomic mass is 10.2. The minimum atomic E-state index is -0.883. The summed E-state index contributed by atoms with van der Waals surface area (Å²) in [5, 5.41) is 8.21. The summed E-state index contributed by atoms with van der Waals surface area (Å²) in [5.74, 6) is -1.23. The summed E-state index contributed by atoms with van der Waals surface area (Å²) >= 11 is 0. The monoisotopic (exact) mass is 214 g/mol. The Labute approximate surface area is 90.2 Å². The second-order valence-corrected chi connectivity index (χ2v) is 2.93. The average molecular weight is 214 g/mol. The van der Waals surface area contributed by atoms with Gasteiger partial charge in [0, 0.05) is 11.1 Å². The lowest BCUT2D eigenvalue weighted by Crippen LogP contribution is -1.98. The van der Waals surface area contributed by atoms with Crippen LogP contribution in [0.25, 0.3) is 0 Å². The van der Waals surface area contributed by atoms with Crippen LogP contribution in [-0.2, 0) is 14.3 Å². The standard InChI is InChI=1S/C6H10O2.C5H8O2/c1-3-4-5(2)6(7)8;1-4(2)5(6)7-3/h2-4H2,1H3,(H,7,8);1H2,2-3H3. The molecule has 0 spiro atoms. The molecule has 0 aliphatic heterocycles. The zero-order chi connectivity index (χ0) is 12.4. The minimum absolute atomic E-state index is 0.299. The topological polar surface area (TPSA) is 63.6 Å². The highest BCUT2D eigenvalue weighted by Crippen LogP contribution is 1.99. The van der Waals surface area contributed by atoms with Crippen molar-refractivity contribution >= 4 is 11.9 Å². The van der Waals surface area contributed by atoms with Crippen molar-refractivity contribution in [1.29, 1.82) is 0 Å². The van der Waals surface area contributed by atoms with Gasteiger partial charge < -0.3 is 9.84 Å². The fourth-order valence-electron chi connectivity index (χ4n) is 0.583. The molecule has 0 fully saturated rings. The van der Waals surface area contributed by atoms with Gasteiger partial charge in [-0.05, 0) is 13.3 Å². The second-order valence-electron chi connectivity index (χ2n) is 2.93. The zero-order valence-electron chi connectivity index (χ0n) is 9.50. The third kappa shape index (κ3) is 10.3. The van der Waals surface area contributed by atoms with Crippen molar-refractivity contribution in [2.45, 2.75) is 26.7 Å². The molecule has 4 heteroatoms. The highest BCUT2D eigenvalue weighted by Gasteiger charge is 1.99. The van der Waals surface area contributed by atoms with Crippen LogP contribution in [0.3, 0.4) is 0 Å². The number of methoxy groups -OCH3 is 1. The lowest BCUT2D eigenvalue weighted by molar-refractivity contribution is -0.136. The number of carboxylic acid groups (broad SMARTS) is 1. The first-order chi connectivity index (χ1) is 6.86. The molecule has 1 N–H and O–H groups in total. The quantitative estimate of drug-likeness (QED) is 0.575. The Morgan fingerprint density at radius 3 is 1.87 bits per heavy atom. The third-order valence-corrected chi connectivity index (χ3v) is 1.39. The van der Waals surface area contributed by atoms with Crippen molar-refractivity contribution in [2.75, 3.05) is 7.11 Å². The van der Waals surface area contributed by atoms with Crippen LogP contribution in [0.4, 0.5) is 0 Å².